The first-order valence-electron chi connectivity index (χ1n) is 9.97. The van der Waals surface area contributed by atoms with E-state index < -0.39 is 0 Å². The highest BCUT2D eigenvalue weighted by molar-refractivity contribution is 6.00. The van der Waals surface area contributed by atoms with Crippen LogP contribution in [0.4, 0.5) is 5.69 Å². The van der Waals surface area contributed by atoms with Crippen LogP contribution in [0.15, 0.2) is 24.3 Å². The van der Waals surface area contributed by atoms with E-state index in [0.717, 1.165) is 30.5 Å². The van der Waals surface area contributed by atoms with Crippen molar-refractivity contribution in [1.82, 2.24) is 10.2 Å². The summed E-state index contributed by atoms with van der Waals surface area (Å²) < 4.78 is 0. The molecule has 3 fully saturated rings. The van der Waals surface area contributed by atoms with Gasteiger partial charge in [-0.25, -0.2) is 0 Å². The molecule has 3 aliphatic rings. The number of benzene rings is 1. The summed E-state index contributed by atoms with van der Waals surface area (Å²) in [6, 6.07) is 9.47. The Bertz CT molecular complexity index is 692. The lowest BCUT2D eigenvalue weighted by molar-refractivity contribution is -0.137. The van der Waals surface area contributed by atoms with Crippen LogP contribution >= 0.6 is 0 Å². The molecule has 26 heavy (non-hydrogen) atoms. The van der Waals surface area contributed by atoms with Gasteiger partial charge in [0.1, 0.15) is 0 Å². The molecule has 0 spiro atoms. The van der Waals surface area contributed by atoms with Crippen molar-refractivity contribution in [3.05, 3.63) is 29.8 Å². The fourth-order valence-electron chi connectivity index (χ4n) is 4.99. The zero-order chi connectivity index (χ0) is 18.3. The Morgan fingerprint density at radius 1 is 1.23 bits per heavy atom. The molecule has 3 saturated heterocycles. The van der Waals surface area contributed by atoms with E-state index in [-0.39, 0.29) is 17.7 Å². The van der Waals surface area contributed by atoms with Gasteiger partial charge in [0.05, 0.1) is 5.92 Å². The van der Waals surface area contributed by atoms with Gasteiger partial charge in [0.15, 0.2) is 0 Å². The number of para-hydroxylation sites is 1. The van der Waals surface area contributed by atoms with Crippen molar-refractivity contribution in [3.63, 3.8) is 0 Å². The van der Waals surface area contributed by atoms with Crippen LogP contribution in [0.25, 0.3) is 0 Å². The standard InChI is InChI=1S/C21H29N3O2/c1-3-14-6-4-5-7-19(14)24-13-15(10-20(24)25)21(26)23(2)18-11-16-8-9-17(12-18)22-16/h4-7,15-18,22H,3,8-13H2,1-2H3. The van der Waals surface area contributed by atoms with Crippen LogP contribution < -0.4 is 10.2 Å². The van der Waals surface area contributed by atoms with Gasteiger partial charge in [-0.1, -0.05) is 25.1 Å². The van der Waals surface area contributed by atoms with E-state index in [0.29, 0.717) is 31.1 Å². The number of hydrogen-bond donors (Lipinski definition) is 1. The van der Waals surface area contributed by atoms with Gasteiger partial charge in [-0.3, -0.25) is 9.59 Å². The van der Waals surface area contributed by atoms with E-state index in [1.807, 2.05) is 35.0 Å². The molecule has 1 aromatic carbocycles. The number of nitrogens with one attached hydrogen (secondary N) is 1. The number of rotatable bonds is 4. The molecule has 2 amide bonds. The van der Waals surface area contributed by atoms with E-state index in [1.165, 1.54) is 12.8 Å². The molecule has 5 nitrogen and oxygen atoms in total. The molecule has 1 N–H and O–H groups in total. The monoisotopic (exact) mass is 355 g/mol. The van der Waals surface area contributed by atoms with Gasteiger partial charge in [0, 0.05) is 43.8 Å². The molecule has 0 aromatic heterocycles. The van der Waals surface area contributed by atoms with Crippen LogP contribution in [0.3, 0.4) is 0 Å². The summed E-state index contributed by atoms with van der Waals surface area (Å²) in [6.07, 6.45) is 5.76. The van der Waals surface area contributed by atoms with Crippen LogP contribution in [-0.4, -0.2) is 48.4 Å². The predicted octanol–water partition coefficient (Wildman–Crippen LogP) is 2.34. The van der Waals surface area contributed by atoms with Gasteiger partial charge in [-0.15, -0.1) is 0 Å². The summed E-state index contributed by atoms with van der Waals surface area (Å²) in [6.45, 7) is 2.61. The second kappa shape index (κ2) is 7.03. The van der Waals surface area contributed by atoms with Gasteiger partial charge < -0.3 is 15.1 Å². The number of anilines is 1. The van der Waals surface area contributed by atoms with Crippen LogP contribution in [0.2, 0.25) is 0 Å². The lowest BCUT2D eigenvalue weighted by Gasteiger charge is -2.36. The summed E-state index contributed by atoms with van der Waals surface area (Å²) >= 11 is 0. The SMILES string of the molecule is CCc1ccccc1N1CC(C(=O)N(C)C2CC3CCC(C2)N3)CC1=O. The summed E-state index contributed by atoms with van der Waals surface area (Å²) in [4.78, 5) is 29.5. The highest BCUT2D eigenvalue weighted by Crippen LogP contribution is 2.32. The Kier molecular flexibility index (Phi) is 4.74. The number of carbonyl (C=O) groups excluding carboxylic acids is 2. The molecule has 0 aliphatic carbocycles. The van der Waals surface area contributed by atoms with Crippen molar-refractivity contribution in [2.24, 2.45) is 5.92 Å². The summed E-state index contributed by atoms with van der Waals surface area (Å²) in [5, 5.41) is 3.63. The molecule has 4 rings (SSSR count). The van der Waals surface area contributed by atoms with Crippen molar-refractivity contribution in [1.29, 1.82) is 0 Å². The molecule has 3 unspecified atom stereocenters. The number of fused-ring (bicyclic) bond motifs is 2. The molecule has 3 aliphatic heterocycles. The van der Waals surface area contributed by atoms with E-state index in [4.69, 9.17) is 0 Å². The molecule has 1 aromatic rings. The molecular formula is C21H29N3O2. The smallest absolute Gasteiger partial charge is 0.228 e. The zero-order valence-corrected chi connectivity index (χ0v) is 15.8. The Morgan fingerprint density at radius 3 is 2.62 bits per heavy atom. The molecule has 3 atom stereocenters. The molecule has 5 heteroatoms. The van der Waals surface area contributed by atoms with Crippen molar-refractivity contribution in [3.8, 4) is 0 Å². The maximum Gasteiger partial charge on any atom is 0.228 e. The number of nitrogens with zero attached hydrogens (tertiary/aromatic N) is 2. The normalized spacial score (nSPS) is 30.7. The minimum atomic E-state index is -0.218. The predicted molar refractivity (Wildman–Crippen MR) is 102 cm³/mol. The Morgan fingerprint density at radius 2 is 1.92 bits per heavy atom. The molecule has 140 valence electrons. The van der Waals surface area contributed by atoms with Crippen LogP contribution in [0.5, 0.6) is 0 Å². The maximum absolute atomic E-state index is 13.1. The Labute approximate surface area is 155 Å². The van der Waals surface area contributed by atoms with Crippen LogP contribution in [0.1, 0.15) is 44.6 Å². The van der Waals surface area contributed by atoms with E-state index in [1.54, 1.807) is 0 Å². The van der Waals surface area contributed by atoms with Gasteiger partial charge in [-0.2, -0.15) is 0 Å². The van der Waals surface area contributed by atoms with Crippen molar-refractivity contribution >= 4 is 17.5 Å². The van der Waals surface area contributed by atoms with Crippen LogP contribution in [0, 0.1) is 5.92 Å². The first-order chi connectivity index (χ1) is 12.6. The average molecular weight is 355 g/mol. The van der Waals surface area contributed by atoms with Crippen molar-refractivity contribution < 1.29 is 9.59 Å². The van der Waals surface area contributed by atoms with Crippen molar-refractivity contribution in [2.45, 2.75) is 63.6 Å². The number of aryl methyl sites for hydroxylation is 1. The third kappa shape index (κ3) is 3.13. The fourth-order valence-corrected chi connectivity index (χ4v) is 4.99. The van der Waals surface area contributed by atoms with E-state index in [2.05, 4.69) is 18.3 Å². The average Bonchev–Trinajstić information content (AvgIpc) is 3.21. The third-order valence-corrected chi connectivity index (χ3v) is 6.48. The van der Waals surface area contributed by atoms with Gasteiger partial charge in [0.2, 0.25) is 11.8 Å². The summed E-state index contributed by atoms with van der Waals surface area (Å²) in [5.41, 5.74) is 2.13. The Hall–Kier alpha value is -1.88. The molecular weight excluding hydrogens is 326 g/mol. The van der Waals surface area contributed by atoms with E-state index >= 15 is 0 Å². The highest BCUT2D eigenvalue weighted by atomic mass is 16.2. The molecule has 0 saturated carbocycles. The van der Waals surface area contributed by atoms with Crippen molar-refractivity contribution in [2.75, 3.05) is 18.5 Å². The zero-order valence-electron chi connectivity index (χ0n) is 15.8. The molecule has 0 radical (unpaired) electrons. The Balaban J connectivity index is 1.45. The second-order valence-corrected chi connectivity index (χ2v) is 8.10. The first kappa shape index (κ1) is 17.5. The molecule has 3 heterocycles. The lowest BCUT2D eigenvalue weighted by atomic mass is 9.97. The maximum atomic E-state index is 13.1. The van der Waals surface area contributed by atoms with Gasteiger partial charge >= 0.3 is 0 Å². The number of amides is 2. The second-order valence-electron chi connectivity index (χ2n) is 8.10. The first-order valence-corrected chi connectivity index (χ1v) is 9.97. The van der Waals surface area contributed by atoms with Gasteiger partial charge in [0.25, 0.3) is 0 Å². The third-order valence-electron chi connectivity index (χ3n) is 6.48. The number of carbonyl (C=O) groups is 2. The lowest BCUT2D eigenvalue weighted by Crippen LogP contribution is -2.50. The fraction of sp³-hybridized carbons (Fsp3) is 0.619. The minimum Gasteiger partial charge on any atom is -0.342 e. The van der Waals surface area contributed by atoms with Gasteiger partial charge in [-0.05, 0) is 43.7 Å². The summed E-state index contributed by atoms with van der Waals surface area (Å²) in [5.74, 6) is -0.00545. The highest BCUT2D eigenvalue weighted by Gasteiger charge is 2.41. The van der Waals surface area contributed by atoms with Crippen LogP contribution in [-0.2, 0) is 16.0 Å². The number of piperidine rings is 1. The summed E-state index contributed by atoms with van der Waals surface area (Å²) in [7, 11) is 1.94. The molecule has 2 bridgehead atoms. The van der Waals surface area contributed by atoms with E-state index in [9.17, 15) is 9.59 Å². The minimum absolute atomic E-state index is 0.0723. The quantitative estimate of drug-likeness (QED) is 0.902. The largest absolute Gasteiger partial charge is 0.342 e. The number of hydrogen-bond acceptors (Lipinski definition) is 3. The topological polar surface area (TPSA) is 52.7 Å².